The van der Waals surface area contributed by atoms with E-state index in [9.17, 15) is 4.79 Å². The van der Waals surface area contributed by atoms with Gasteiger partial charge in [-0.1, -0.05) is 0 Å². The molecule has 5 nitrogen and oxygen atoms in total. The number of carbonyl (C=O) groups is 1. The summed E-state index contributed by atoms with van der Waals surface area (Å²) in [5.41, 5.74) is 0.556. The van der Waals surface area contributed by atoms with Crippen LogP contribution in [0.2, 0.25) is 0 Å². The maximum Gasteiger partial charge on any atom is 0.213 e. The molecule has 5 heteroatoms. The van der Waals surface area contributed by atoms with E-state index in [0.29, 0.717) is 18.1 Å². The summed E-state index contributed by atoms with van der Waals surface area (Å²) in [5, 5.41) is 9.95. The molecule has 0 saturated carbocycles. The van der Waals surface area contributed by atoms with E-state index in [-0.39, 0.29) is 0 Å². The van der Waals surface area contributed by atoms with Crippen molar-refractivity contribution in [1.29, 1.82) is 0 Å². The molecule has 0 aromatic carbocycles. The summed E-state index contributed by atoms with van der Waals surface area (Å²) in [6.45, 7) is 1.35. The van der Waals surface area contributed by atoms with E-state index in [1.165, 1.54) is 6.20 Å². The Morgan fingerprint density at radius 3 is 2.73 bits per heavy atom. The quantitative estimate of drug-likeness (QED) is 0.535. The second-order valence-electron chi connectivity index (χ2n) is 2.50. The van der Waals surface area contributed by atoms with Crippen molar-refractivity contribution in [3.63, 3.8) is 0 Å². The zero-order chi connectivity index (χ0) is 11.5. The third kappa shape index (κ3) is 5.77. The second-order valence-corrected chi connectivity index (χ2v) is 2.50. The molecule has 84 valence electrons. The summed E-state index contributed by atoms with van der Waals surface area (Å²) in [4.78, 5) is 14.2. The molecular formula is C10H16N2O3. The molecule has 0 aliphatic heterocycles. The number of aliphatic hydroxyl groups is 1. The van der Waals surface area contributed by atoms with Gasteiger partial charge in [0.1, 0.15) is 6.61 Å². The van der Waals surface area contributed by atoms with Crippen molar-refractivity contribution in [2.45, 2.75) is 0 Å². The summed E-state index contributed by atoms with van der Waals surface area (Å²) in [6.07, 6.45) is 2.24. The minimum Gasteiger partial charge on any atom is -0.476 e. The number of likely N-dealkylation sites (N-methyl/N-ethyl adjacent to an activating group) is 1. The van der Waals surface area contributed by atoms with Crippen LogP contribution in [0.25, 0.3) is 0 Å². The van der Waals surface area contributed by atoms with E-state index < -0.39 is 0 Å². The van der Waals surface area contributed by atoms with Gasteiger partial charge >= 0.3 is 0 Å². The molecule has 0 aliphatic carbocycles. The summed E-state index contributed by atoms with van der Waals surface area (Å²) in [5.74, 6) is 0.542. The highest BCUT2D eigenvalue weighted by atomic mass is 16.5. The van der Waals surface area contributed by atoms with Crippen LogP contribution in [-0.2, 0) is 0 Å². The third-order valence-corrected chi connectivity index (χ3v) is 1.50. The third-order valence-electron chi connectivity index (χ3n) is 1.50. The van der Waals surface area contributed by atoms with E-state index in [1.807, 2.05) is 7.05 Å². The smallest absolute Gasteiger partial charge is 0.213 e. The number of ether oxygens (including phenoxy) is 1. The van der Waals surface area contributed by atoms with Gasteiger partial charge in [-0.2, -0.15) is 0 Å². The van der Waals surface area contributed by atoms with Gasteiger partial charge in [0.15, 0.2) is 6.29 Å². The van der Waals surface area contributed by atoms with Gasteiger partial charge in [0.05, 0.1) is 0 Å². The van der Waals surface area contributed by atoms with Crippen LogP contribution >= 0.6 is 0 Å². The summed E-state index contributed by atoms with van der Waals surface area (Å²) < 4.78 is 5.26. The monoisotopic (exact) mass is 212 g/mol. The minimum atomic E-state index is 0.542. The van der Waals surface area contributed by atoms with E-state index >= 15 is 0 Å². The van der Waals surface area contributed by atoms with Gasteiger partial charge in [-0.25, -0.2) is 4.98 Å². The van der Waals surface area contributed by atoms with Crippen molar-refractivity contribution in [3.05, 3.63) is 23.9 Å². The summed E-state index contributed by atoms with van der Waals surface area (Å²) in [6, 6.07) is 3.36. The largest absolute Gasteiger partial charge is 0.476 e. The van der Waals surface area contributed by atoms with Crippen molar-refractivity contribution < 1.29 is 14.6 Å². The van der Waals surface area contributed by atoms with Crippen LogP contribution in [0.1, 0.15) is 10.4 Å². The minimum absolute atomic E-state index is 0.542. The highest BCUT2D eigenvalue weighted by Crippen LogP contribution is 2.05. The van der Waals surface area contributed by atoms with Crippen LogP contribution in [-0.4, -0.2) is 43.7 Å². The maximum absolute atomic E-state index is 10.3. The number of aromatic nitrogens is 1. The first-order chi connectivity index (χ1) is 7.36. The fourth-order valence-electron chi connectivity index (χ4n) is 0.804. The number of nitrogens with one attached hydrogen (secondary N) is 1. The SMILES string of the molecule is CNCCOc1ccc(C=O)cn1.CO. The van der Waals surface area contributed by atoms with Crippen molar-refractivity contribution in [3.8, 4) is 5.88 Å². The van der Waals surface area contributed by atoms with Crippen molar-refractivity contribution in [2.75, 3.05) is 27.3 Å². The highest BCUT2D eigenvalue weighted by molar-refractivity contribution is 5.73. The molecular weight excluding hydrogens is 196 g/mol. The second kappa shape index (κ2) is 9.11. The topological polar surface area (TPSA) is 71.5 Å². The first kappa shape index (κ1) is 13.5. The number of nitrogens with zero attached hydrogens (tertiary/aromatic N) is 1. The van der Waals surface area contributed by atoms with Crippen LogP contribution in [0.5, 0.6) is 5.88 Å². The molecule has 15 heavy (non-hydrogen) atoms. The van der Waals surface area contributed by atoms with Gasteiger partial charge in [0.25, 0.3) is 0 Å². The average Bonchev–Trinajstić information content (AvgIpc) is 2.33. The lowest BCUT2D eigenvalue weighted by molar-refractivity contribution is 0.112. The number of hydrogen-bond acceptors (Lipinski definition) is 5. The van der Waals surface area contributed by atoms with Crippen LogP contribution in [0.3, 0.4) is 0 Å². The first-order valence-electron chi connectivity index (χ1n) is 4.50. The predicted octanol–water partition coefficient (Wildman–Crippen LogP) is 0.101. The van der Waals surface area contributed by atoms with E-state index in [0.717, 1.165) is 19.9 Å². The number of hydrogen-bond donors (Lipinski definition) is 2. The Bertz CT molecular complexity index is 262. The molecule has 0 atom stereocenters. The van der Waals surface area contributed by atoms with Crippen molar-refractivity contribution in [1.82, 2.24) is 10.3 Å². The average molecular weight is 212 g/mol. The molecule has 2 N–H and O–H groups in total. The highest BCUT2D eigenvalue weighted by Gasteiger charge is 1.94. The van der Waals surface area contributed by atoms with Gasteiger partial charge < -0.3 is 15.2 Å². The zero-order valence-corrected chi connectivity index (χ0v) is 8.93. The number of carbonyl (C=O) groups excluding carboxylic acids is 1. The Hall–Kier alpha value is -1.46. The van der Waals surface area contributed by atoms with E-state index in [1.54, 1.807) is 12.1 Å². The molecule has 0 radical (unpaired) electrons. The standard InChI is InChI=1S/C9H12N2O2.CH4O/c1-10-4-5-13-9-3-2-8(7-12)6-11-9;1-2/h2-3,6-7,10H,4-5H2,1H3;2H,1H3. The predicted molar refractivity (Wildman–Crippen MR) is 57.2 cm³/mol. The molecule has 0 amide bonds. The molecule has 0 bridgehead atoms. The fraction of sp³-hybridized carbons (Fsp3) is 0.400. The molecule has 0 saturated heterocycles. The molecule has 1 heterocycles. The lowest BCUT2D eigenvalue weighted by Crippen LogP contribution is -2.16. The van der Waals surface area contributed by atoms with Gasteiger partial charge in [-0.15, -0.1) is 0 Å². The van der Waals surface area contributed by atoms with Crippen LogP contribution in [0, 0.1) is 0 Å². The van der Waals surface area contributed by atoms with E-state index in [4.69, 9.17) is 9.84 Å². The molecule has 0 aliphatic rings. The molecule has 0 unspecified atom stereocenters. The van der Waals surface area contributed by atoms with Gasteiger partial charge in [-0.3, -0.25) is 4.79 Å². The lowest BCUT2D eigenvalue weighted by atomic mass is 10.3. The van der Waals surface area contributed by atoms with Gasteiger partial charge in [-0.05, 0) is 13.1 Å². The van der Waals surface area contributed by atoms with Crippen LogP contribution < -0.4 is 10.1 Å². The summed E-state index contributed by atoms with van der Waals surface area (Å²) >= 11 is 0. The van der Waals surface area contributed by atoms with Gasteiger partial charge in [0, 0.05) is 31.5 Å². The first-order valence-corrected chi connectivity index (χ1v) is 4.50. The van der Waals surface area contributed by atoms with E-state index in [2.05, 4.69) is 10.3 Å². The molecule has 1 aromatic heterocycles. The number of aldehydes is 1. The maximum atomic E-state index is 10.3. The Labute approximate surface area is 89.1 Å². The molecule has 0 spiro atoms. The normalized spacial score (nSPS) is 8.73. The molecule has 1 rings (SSSR count). The van der Waals surface area contributed by atoms with Crippen LogP contribution in [0.4, 0.5) is 0 Å². The Morgan fingerprint density at radius 1 is 1.53 bits per heavy atom. The number of pyridine rings is 1. The van der Waals surface area contributed by atoms with Crippen molar-refractivity contribution in [2.24, 2.45) is 0 Å². The Morgan fingerprint density at radius 2 is 2.27 bits per heavy atom. The Kier molecular flexibility index (Phi) is 8.22. The fourth-order valence-corrected chi connectivity index (χ4v) is 0.804. The number of rotatable bonds is 5. The zero-order valence-electron chi connectivity index (χ0n) is 8.93. The summed E-state index contributed by atoms with van der Waals surface area (Å²) in [7, 11) is 2.85. The Balaban J connectivity index is 0.000000921. The lowest BCUT2D eigenvalue weighted by Gasteiger charge is -2.03. The molecule has 1 aromatic rings. The van der Waals surface area contributed by atoms with Gasteiger partial charge in [0.2, 0.25) is 5.88 Å². The van der Waals surface area contributed by atoms with Crippen LogP contribution in [0.15, 0.2) is 18.3 Å². The number of aliphatic hydroxyl groups excluding tert-OH is 1. The molecule has 0 fully saturated rings. The van der Waals surface area contributed by atoms with Crippen molar-refractivity contribution >= 4 is 6.29 Å².